The van der Waals surface area contributed by atoms with Crippen molar-refractivity contribution in [1.82, 2.24) is 14.9 Å². The van der Waals surface area contributed by atoms with E-state index in [0.29, 0.717) is 0 Å². The maximum absolute atomic E-state index is 4.13. The summed E-state index contributed by atoms with van der Waals surface area (Å²) in [6.45, 7) is 3.88. The molecular formula is C13H17N3. The van der Waals surface area contributed by atoms with Gasteiger partial charge in [-0.1, -0.05) is 0 Å². The maximum Gasteiger partial charge on any atom is 0.0315 e. The summed E-state index contributed by atoms with van der Waals surface area (Å²) >= 11 is 0. The molecule has 0 fully saturated rings. The second-order valence-electron chi connectivity index (χ2n) is 4.09. The molecule has 1 N–H and O–H groups in total. The summed E-state index contributed by atoms with van der Waals surface area (Å²) in [4.78, 5) is 4.13. The van der Waals surface area contributed by atoms with Crippen LogP contribution < -0.4 is 5.32 Å². The molecule has 2 heterocycles. The van der Waals surface area contributed by atoms with E-state index in [4.69, 9.17) is 0 Å². The van der Waals surface area contributed by atoms with Gasteiger partial charge in [-0.2, -0.15) is 0 Å². The van der Waals surface area contributed by atoms with Crippen molar-refractivity contribution >= 4 is 0 Å². The van der Waals surface area contributed by atoms with Crippen LogP contribution in [0.3, 0.4) is 0 Å². The van der Waals surface area contributed by atoms with Gasteiger partial charge in [-0.3, -0.25) is 4.98 Å². The molecule has 0 aliphatic carbocycles. The number of hydrogen-bond donors (Lipinski definition) is 1. The van der Waals surface area contributed by atoms with Gasteiger partial charge < -0.3 is 9.88 Å². The number of aromatic nitrogens is 2. The molecule has 0 amide bonds. The third-order valence-corrected chi connectivity index (χ3v) is 2.69. The summed E-state index contributed by atoms with van der Waals surface area (Å²) in [7, 11) is 2.04. The summed E-state index contributed by atoms with van der Waals surface area (Å²) in [5.41, 5.74) is 3.86. The molecular weight excluding hydrogens is 198 g/mol. The lowest BCUT2D eigenvalue weighted by Crippen LogP contribution is -2.13. The first kappa shape index (κ1) is 10.9. The van der Waals surface area contributed by atoms with Crippen LogP contribution in [0.15, 0.2) is 36.9 Å². The van der Waals surface area contributed by atoms with Crippen LogP contribution >= 0.6 is 0 Å². The summed E-state index contributed by atoms with van der Waals surface area (Å²) in [5.74, 6) is 0. The highest BCUT2D eigenvalue weighted by molar-refractivity contribution is 5.21. The summed E-state index contributed by atoms with van der Waals surface area (Å²) in [5, 5.41) is 3.42. The third-order valence-electron chi connectivity index (χ3n) is 2.69. The number of aryl methyl sites for hydroxylation is 2. The van der Waals surface area contributed by atoms with Crippen LogP contribution in [0.2, 0.25) is 0 Å². The smallest absolute Gasteiger partial charge is 0.0315 e. The molecule has 0 radical (unpaired) electrons. The fourth-order valence-electron chi connectivity index (χ4n) is 1.69. The largest absolute Gasteiger partial charge is 0.357 e. The van der Waals surface area contributed by atoms with Crippen LogP contribution in [0, 0.1) is 6.92 Å². The van der Waals surface area contributed by atoms with E-state index < -0.39 is 0 Å². The minimum atomic E-state index is 0.870. The van der Waals surface area contributed by atoms with Gasteiger partial charge in [0.05, 0.1) is 0 Å². The number of hydrogen-bond acceptors (Lipinski definition) is 2. The van der Waals surface area contributed by atoms with Crippen molar-refractivity contribution < 1.29 is 0 Å². The SMILES string of the molecule is Cc1ccncc1CNCc1ccn(C)c1. The van der Waals surface area contributed by atoms with E-state index in [-0.39, 0.29) is 0 Å². The Bertz CT molecular complexity index is 460. The molecule has 0 atom stereocenters. The quantitative estimate of drug-likeness (QED) is 0.845. The van der Waals surface area contributed by atoms with Gasteiger partial charge in [-0.15, -0.1) is 0 Å². The highest BCUT2D eigenvalue weighted by Crippen LogP contribution is 2.05. The van der Waals surface area contributed by atoms with Gasteiger partial charge in [0, 0.05) is 44.9 Å². The maximum atomic E-state index is 4.13. The van der Waals surface area contributed by atoms with Crippen LogP contribution in [0.4, 0.5) is 0 Å². The second kappa shape index (κ2) is 4.94. The van der Waals surface area contributed by atoms with Gasteiger partial charge in [-0.05, 0) is 35.7 Å². The van der Waals surface area contributed by atoms with Gasteiger partial charge >= 0.3 is 0 Å². The van der Waals surface area contributed by atoms with Crippen molar-refractivity contribution in [2.45, 2.75) is 20.0 Å². The fraction of sp³-hybridized carbons (Fsp3) is 0.308. The van der Waals surface area contributed by atoms with Crippen LogP contribution in [0.5, 0.6) is 0 Å². The molecule has 0 saturated heterocycles. The van der Waals surface area contributed by atoms with E-state index in [9.17, 15) is 0 Å². The number of pyridine rings is 1. The topological polar surface area (TPSA) is 29.9 Å². The molecule has 3 heteroatoms. The number of nitrogens with one attached hydrogen (secondary N) is 1. The Morgan fingerprint density at radius 1 is 1.31 bits per heavy atom. The Kier molecular flexibility index (Phi) is 3.37. The predicted octanol–water partition coefficient (Wildman–Crippen LogP) is 2.02. The molecule has 84 valence electrons. The van der Waals surface area contributed by atoms with E-state index in [2.05, 4.69) is 40.3 Å². The van der Waals surface area contributed by atoms with E-state index in [0.717, 1.165) is 13.1 Å². The van der Waals surface area contributed by atoms with Crippen molar-refractivity contribution in [1.29, 1.82) is 0 Å². The standard InChI is InChI=1S/C13H17N3/c1-11-3-5-14-8-13(11)9-15-7-12-4-6-16(2)10-12/h3-6,8,10,15H,7,9H2,1-2H3. The van der Waals surface area contributed by atoms with E-state index in [1.165, 1.54) is 16.7 Å². The Morgan fingerprint density at radius 2 is 2.19 bits per heavy atom. The zero-order chi connectivity index (χ0) is 11.4. The lowest BCUT2D eigenvalue weighted by Gasteiger charge is -2.05. The molecule has 0 aliphatic heterocycles. The first-order valence-corrected chi connectivity index (χ1v) is 5.47. The van der Waals surface area contributed by atoms with Gasteiger partial charge in [0.25, 0.3) is 0 Å². The molecule has 2 rings (SSSR count). The Morgan fingerprint density at radius 3 is 2.88 bits per heavy atom. The molecule has 0 aliphatic rings. The molecule has 16 heavy (non-hydrogen) atoms. The highest BCUT2D eigenvalue weighted by Gasteiger charge is 1.98. The van der Waals surface area contributed by atoms with Crippen molar-refractivity contribution in [3.05, 3.63) is 53.6 Å². The van der Waals surface area contributed by atoms with Gasteiger partial charge in [-0.25, -0.2) is 0 Å². The molecule has 2 aromatic rings. The van der Waals surface area contributed by atoms with Crippen LogP contribution in [0.25, 0.3) is 0 Å². The Labute approximate surface area is 96.1 Å². The van der Waals surface area contributed by atoms with Gasteiger partial charge in [0.15, 0.2) is 0 Å². The lowest BCUT2D eigenvalue weighted by molar-refractivity contribution is 0.687. The summed E-state index contributed by atoms with van der Waals surface area (Å²) < 4.78 is 2.06. The molecule has 2 aromatic heterocycles. The van der Waals surface area contributed by atoms with Crippen LogP contribution in [-0.2, 0) is 20.1 Å². The Hall–Kier alpha value is -1.61. The average Bonchev–Trinajstić information content (AvgIpc) is 2.67. The van der Waals surface area contributed by atoms with E-state index in [1.54, 1.807) is 0 Å². The first-order chi connectivity index (χ1) is 7.75. The number of nitrogens with zero attached hydrogens (tertiary/aromatic N) is 2. The van der Waals surface area contributed by atoms with Crippen molar-refractivity contribution in [3.63, 3.8) is 0 Å². The molecule has 0 saturated carbocycles. The first-order valence-electron chi connectivity index (χ1n) is 5.47. The minimum Gasteiger partial charge on any atom is -0.357 e. The zero-order valence-corrected chi connectivity index (χ0v) is 9.77. The minimum absolute atomic E-state index is 0.870. The third kappa shape index (κ3) is 2.70. The van der Waals surface area contributed by atoms with E-state index in [1.807, 2.05) is 25.5 Å². The zero-order valence-electron chi connectivity index (χ0n) is 9.77. The Balaban J connectivity index is 1.87. The number of rotatable bonds is 4. The summed E-state index contributed by atoms with van der Waals surface area (Å²) in [6, 6.07) is 4.17. The second-order valence-corrected chi connectivity index (χ2v) is 4.09. The molecule has 0 bridgehead atoms. The predicted molar refractivity (Wildman–Crippen MR) is 64.9 cm³/mol. The van der Waals surface area contributed by atoms with Gasteiger partial charge in [0.2, 0.25) is 0 Å². The molecule has 0 unspecified atom stereocenters. The fourth-order valence-corrected chi connectivity index (χ4v) is 1.69. The summed E-state index contributed by atoms with van der Waals surface area (Å²) in [6.07, 6.45) is 7.94. The molecule has 0 aromatic carbocycles. The van der Waals surface area contributed by atoms with Gasteiger partial charge in [0.1, 0.15) is 0 Å². The molecule has 3 nitrogen and oxygen atoms in total. The van der Waals surface area contributed by atoms with Crippen LogP contribution in [-0.4, -0.2) is 9.55 Å². The van der Waals surface area contributed by atoms with Crippen LogP contribution in [0.1, 0.15) is 16.7 Å². The van der Waals surface area contributed by atoms with Crippen molar-refractivity contribution in [2.75, 3.05) is 0 Å². The highest BCUT2D eigenvalue weighted by atomic mass is 14.9. The van der Waals surface area contributed by atoms with Crippen molar-refractivity contribution in [2.24, 2.45) is 7.05 Å². The monoisotopic (exact) mass is 215 g/mol. The molecule has 0 spiro atoms. The van der Waals surface area contributed by atoms with Crippen molar-refractivity contribution in [3.8, 4) is 0 Å². The van der Waals surface area contributed by atoms with E-state index >= 15 is 0 Å². The lowest BCUT2D eigenvalue weighted by atomic mass is 10.1. The average molecular weight is 215 g/mol. The normalized spacial score (nSPS) is 10.6.